The molecule has 5 saturated heterocycles. The van der Waals surface area contributed by atoms with Crippen molar-refractivity contribution < 1.29 is 56.9 Å². The van der Waals surface area contributed by atoms with Crippen molar-refractivity contribution in [1.82, 2.24) is 79.9 Å². The SMILES string of the molecule is CC(C)N1C(=O)CN(C)C1=O.CC(C)c1cc(=O)[nH]o1.CC(C)c1cc(=O)c(O)co1.CC(C)c1co[nH]c1=O.CC(C)c1cocc(O)c1=O.CC(C)c1nn[nH]n1.CCN1CC(=O)N(C(C)C)C1=O.CCN1CC(=O)N(C(C)C)C1=S.CCN1CC(=S)N(C(C)C)C1=O.CCN1CC(=S)N(C(C)C)C1=S. The van der Waals surface area contributed by atoms with Crippen LogP contribution in [-0.2, 0) is 14.4 Å². The highest BCUT2D eigenvalue weighted by Crippen LogP contribution is 2.20. The predicted molar refractivity (Wildman–Crippen MR) is 425 cm³/mol. The van der Waals surface area contributed by atoms with Gasteiger partial charge in [-0.3, -0.25) is 53.2 Å². The third kappa shape index (κ3) is 29.6. The number of amides is 9. The highest BCUT2D eigenvalue weighted by molar-refractivity contribution is 7.82. The van der Waals surface area contributed by atoms with Crippen molar-refractivity contribution in [2.45, 2.75) is 226 Å². The van der Waals surface area contributed by atoms with E-state index in [0.717, 1.165) is 59.6 Å². The fourth-order valence-electron chi connectivity index (χ4n) is 9.63. The Morgan fingerprint density at radius 2 is 0.897 bits per heavy atom. The minimum absolute atomic E-state index is 0.0263. The van der Waals surface area contributed by atoms with Gasteiger partial charge in [0, 0.05) is 98.9 Å². The van der Waals surface area contributed by atoms with Crippen LogP contribution in [0.4, 0.5) is 14.4 Å². The molecule has 5 aliphatic heterocycles. The second-order valence-electron chi connectivity index (χ2n) is 27.5. The molecule has 0 saturated carbocycles. The number of hydrogen-bond donors (Lipinski definition) is 5. The quantitative estimate of drug-likeness (QED) is 0.0509. The van der Waals surface area contributed by atoms with Crippen LogP contribution in [0.15, 0.2) is 74.2 Å². The molecule has 0 spiro atoms. The number of hydrogen-bond acceptors (Lipinski definition) is 23. The second-order valence-corrected chi connectivity index (χ2v) is 29.1. The summed E-state index contributed by atoms with van der Waals surface area (Å²) in [6.45, 7) is 52.3. The van der Waals surface area contributed by atoms with E-state index >= 15 is 0 Å². The molecule has 10 rings (SSSR count). The lowest BCUT2D eigenvalue weighted by Gasteiger charge is -2.23. The zero-order valence-corrected chi connectivity index (χ0v) is 69.9. The van der Waals surface area contributed by atoms with Gasteiger partial charge in [-0.2, -0.15) is 15.5 Å². The molecule has 0 aromatic carbocycles. The molecular formula is C71H114N16O16S4. The number of H-pyrrole nitrogens is 3. The highest BCUT2D eigenvalue weighted by Gasteiger charge is 2.38. The molecule has 107 heavy (non-hydrogen) atoms. The lowest BCUT2D eigenvalue weighted by atomic mass is 10.1. The fourth-order valence-corrected chi connectivity index (χ4v) is 11.6. The molecule has 0 bridgehead atoms. The summed E-state index contributed by atoms with van der Waals surface area (Å²) in [5.41, 5.74) is 0.190. The Hall–Kier alpha value is -9.03. The van der Waals surface area contributed by atoms with E-state index < -0.39 is 0 Å². The summed E-state index contributed by atoms with van der Waals surface area (Å²) in [5.74, 6) is 2.48. The number of urea groups is 3. The van der Waals surface area contributed by atoms with Crippen molar-refractivity contribution in [1.29, 1.82) is 0 Å². The van der Waals surface area contributed by atoms with Gasteiger partial charge in [0.15, 0.2) is 27.5 Å². The molecule has 5 aromatic rings. The highest BCUT2D eigenvalue weighted by atomic mass is 32.1. The zero-order chi connectivity index (χ0) is 82.3. The van der Waals surface area contributed by atoms with Crippen molar-refractivity contribution in [3.63, 3.8) is 0 Å². The lowest BCUT2D eigenvalue weighted by molar-refractivity contribution is -0.127. The topological polar surface area (TPSA) is 382 Å². The van der Waals surface area contributed by atoms with Gasteiger partial charge in [-0.1, -0.05) is 98.9 Å². The number of nitrogens with zero attached hydrogens (tertiary/aromatic N) is 13. The van der Waals surface area contributed by atoms with Gasteiger partial charge in [0.2, 0.25) is 16.8 Å². The van der Waals surface area contributed by atoms with Gasteiger partial charge in [0.1, 0.15) is 53.4 Å². The van der Waals surface area contributed by atoms with Gasteiger partial charge in [-0.05, 0) is 133 Å². The number of tetrazole rings is 1. The maximum absolute atomic E-state index is 11.6. The molecule has 10 heterocycles. The number of aromatic amines is 3. The summed E-state index contributed by atoms with van der Waals surface area (Å²) in [6.07, 6.45) is 4.92. The van der Waals surface area contributed by atoms with Crippen LogP contribution in [0.5, 0.6) is 11.5 Å². The van der Waals surface area contributed by atoms with Gasteiger partial charge in [0.05, 0.1) is 31.5 Å². The smallest absolute Gasteiger partial charge is 0.327 e. The summed E-state index contributed by atoms with van der Waals surface area (Å²) in [7, 11) is 1.63. The van der Waals surface area contributed by atoms with Crippen LogP contribution < -0.4 is 22.0 Å². The van der Waals surface area contributed by atoms with E-state index in [9.17, 15) is 47.9 Å². The number of aromatic nitrogens is 6. The number of carbonyl (C=O) groups is 6. The van der Waals surface area contributed by atoms with Crippen LogP contribution in [0.1, 0.15) is 224 Å². The molecule has 598 valence electrons. The number of aromatic hydroxyl groups is 2. The molecule has 5 aliphatic rings. The van der Waals surface area contributed by atoms with Crippen molar-refractivity contribution >= 4 is 105 Å². The Morgan fingerprint density at radius 3 is 1.18 bits per heavy atom. The molecular weight excluding hydrogens is 1460 g/mol. The summed E-state index contributed by atoms with van der Waals surface area (Å²) in [6, 6.07) is 3.18. The van der Waals surface area contributed by atoms with Crippen LogP contribution in [0.25, 0.3) is 0 Å². The van der Waals surface area contributed by atoms with Gasteiger partial charge in [0.25, 0.3) is 22.9 Å². The normalized spacial score (nSPS) is 14.9. The Labute approximate surface area is 648 Å². The first-order valence-corrected chi connectivity index (χ1v) is 37.1. The summed E-state index contributed by atoms with van der Waals surface area (Å²) >= 11 is 20.8. The van der Waals surface area contributed by atoms with E-state index in [4.69, 9.17) is 72.4 Å². The Balaban J connectivity index is 0.000000596. The average molecular weight is 1580 g/mol. The third-order valence-corrected chi connectivity index (χ3v) is 17.2. The van der Waals surface area contributed by atoms with Crippen molar-refractivity contribution in [2.24, 2.45) is 0 Å². The number of thiocarbonyl (C=S) groups is 4. The number of nitrogens with one attached hydrogen (secondary N) is 3. The Bertz CT molecular complexity index is 3750. The minimum atomic E-state index is -0.389. The largest absolute Gasteiger partial charge is 0.502 e. The van der Waals surface area contributed by atoms with E-state index in [1.54, 1.807) is 26.6 Å². The average Bonchev–Trinajstić information content (AvgIpc) is 1.73. The van der Waals surface area contributed by atoms with Crippen molar-refractivity contribution in [3.05, 3.63) is 107 Å². The summed E-state index contributed by atoms with van der Waals surface area (Å²) in [5, 5.41) is 37.1. The van der Waals surface area contributed by atoms with Crippen LogP contribution in [-0.4, -0.2) is 242 Å². The lowest BCUT2D eigenvalue weighted by Crippen LogP contribution is -2.37. The Kier molecular flexibility index (Phi) is 41.5. The van der Waals surface area contributed by atoms with E-state index in [2.05, 4.69) is 61.1 Å². The molecule has 0 aliphatic carbocycles. The number of imide groups is 2. The second kappa shape index (κ2) is 46.2. The maximum atomic E-state index is 11.6. The Morgan fingerprint density at radius 1 is 0.458 bits per heavy atom. The molecule has 5 aromatic heterocycles. The van der Waals surface area contributed by atoms with Gasteiger partial charge < -0.3 is 57.5 Å². The number of rotatable bonds is 14. The van der Waals surface area contributed by atoms with E-state index in [-0.39, 0.29) is 130 Å². The molecule has 36 heteroatoms. The zero-order valence-electron chi connectivity index (χ0n) is 66.7. The molecule has 5 N–H and O–H groups in total. The van der Waals surface area contributed by atoms with E-state index in [1.807, 2.05) is 155 Å². The molecule has 0 radical (unpaired) electrons. The summed E-state index contributed by atoms with van der Waals surface area (Å²) in [4.78, 5) is 129. The molecule has 0 unspecified atom stereocenters. The van der Waals surface area contributed by atoms with Crippen LogP contribution in [0.3, 0.4) is 0 Å². The van der Waals surface area contributed by atoms with Gasteiger partial charge in [-0.15, -0.1) is 10.2 Å². The minimum Gasteiger partial charge on any atom is -0.502 e. The third-order valence-electron chi connectivity index (χ3n) is 15.7. The molecule has 5 fully saturated rings. The first kappa shape index (κ1) is 96.0. The predicted octanol–water partition coefficient (Wildman–Crippen LogP) is 10.4. The van der Waals surface area contributed by atoms with Crippen molar-refractivity contribution in [2.75, 3.05) is 66.0 Å². The summed E-state index contributed by atoms with van der Waals surface area (Å²) < 4.78 is 19.0. The van der Waals surface area contributed by atoms with E-state index in [1.165, 1.54) is 39.4 Å². The maximum Gasteiger partial charge on any atom is 0.327 e. The molecule has 32 nitrogen and oxygen atoms in total. The number of likely N-dealkylation sites (N-methyl/N-ethyl adjacent to an activating group) is 5. The number of carbonyl (C=O) groups excluding carboxylic acids is 6. The van der Waals surface area contributed by atoms with Crippen LogP contribution >= 0.6 is 48.9 Å². The van der Waals surface area contributed by atoms with Crippen molar-refractivity contribution in [3.8, 4) is 11.5 Å². The van der Waals surface area contributed by atoms with Crippen LogP contribution in [0, 0.1) is 0 Å². The van der Waals surface area contributed by atoms with Gasteiger partial charge in [-0.25, -0.2) is 14.4 Å². The van der Waals surface area contributed by atoms with Crippen LogP contribution in [0.2, 0.25) is 0 Å². The monoisotopic (exact) mass is 1570 g/mol. The fraction of sp³-hybridized carbons (Fsp3) is 0.620. The first-order chi connectivity index (χ1) is 49.8. The molecule has 9 amide bonds. The van der Waals surface area contributed by atoms with E-state index in [0.29, 0.717) is 59.4 Å². The standard InChI is InChI=1S/C8H14N2O2.2C8H14N2OS.C8H14N2S2.2C8H10O3.C7H12N2O2.2C6H9NO2.C4H8N4/c1-4-9-5-7(11)10(6(2)3)8(9)12;1-4-9-5-7(12)10(6(2)3)8(9)11;2*1-4-9-5-7(11)10(6(2)3)8(9)12;1-5(2)8-3-6(9)7(10)4-11-8;1-5(2)6-3-11-4-7(9)8(6)10;1-5(2)9-6(10)4-8(3)7(9)11;1-4(2)5-3-9-7-6(5)8;1-4(2)5-3-6(8)7-9-5;1-3(2)4-5-7-8-6-4/h4*6H,4-5H2,1-3H3;3-5,10H,1-2H3;3-5,9H,1-2H3;5H,4H2,1-3H3;2*3-4H,1-2H3,(H,7,8);3H,1-2H3,(H,5,6,7,8). The molecule has 0 atom stereocenters. The van der Waals surface area contributed by atoms with Gasteiger partial charge >= 0.3 is 18.1 Å². The first-order valence-electron chi connectivity index (χ1n) is 35.5.